The van der Waals surface area contributed by atoms with E-state index in [0.717, 1.165) is 33.2 Å². The number of benzene rings is 4. The van der Waals surface area contributed by atoms with Crippen molar-refractivity contribution in [3.63, 3.8) is 0 Å². The minimum Gasteiger partial charge on any atom is -0.166 e. The average molecular weight is 322 g/mol. The van der Waals surface area contributed by atoms with Crippen molar-refractivity contribution in [3.8, 4) is 11.1 Å². The van der Waals surface area contributed by atoms with Gasteiger partial charge in [-0.2, -0.15) is 13.2 Å². The van der Waals surface area contributed by atoms with Gasteiger partial charge in [-0.3, -0.25) is 0 Å². The third kappa shape index (κ3) is 2.52. The van der Waals surface area contributed by atoms with Gasteiger partial charge in [-0.1, -0.05) is 54.6 Å². The maximum Gasteiger partial charge on any atom is 0.416 e. The van der Waals surface area contributed by atoms with Crippen LogP contribution >= 0.6 is 0 Å². The van der Waals surface area contributed by atoms with Crippen LogP contribution in [0.4, 0.5) is 13.2 Å². The van der Waals surface area contributed by atoms with Crippen LogP contribution < -0.4 is 0 Å². The van der Waals surface area contributed by atoms with Gasteiger partial charge in [0.1, 0.15) is 0 Å². The molecule has 4 aromatic rings. The second-order valence-electron chi connectivity index (χ2n) is 5.80. The lowest BCUT2D eigenvalue weighted by Crippen LogP contribution is -2.04. The van der Waals surface area contributed by atoms with Crippen LogP contribution in [0.25, 0.3) is 32.7 Å². The van der Waals surface area contributed by atoms with Gasteiger partial charge in [0.2, 0.25) is 0 Å². The molecule has 0 amide bonds. The van der Waals surface area contributed by atoms with Crippen molar-refractivity contribution in [1.29, 1.82) is 0 Å². The number of hydrogen-bond donors (Lipinski definition) is 0. The van der Waals surface area contributed by atoms with Crippen LogP contribution in [0.3, 0.4) is 0 Å². The first-order chi connectivity index (χ1) is 11.5. The normalized spacial score (nSPS) is 12.0. The van der Waals surface area contributed by atoms with E-state index in [9.17, 15) is 13.2 Å². The molecule has 0 aromatic heterocycles. The van der Waals surface area contributed by atoms with Crippen LogP contribution in [-0.2, 0) is 6.18 Å². The topological polar surface area (TPSA) is 0 Å². The summed E-state index contributed by atoms with van der Waals surface area (Å²) in [4.78, 5) is 0. The van der Waals surface area contributed by atoms with Crippen LogP contribution in [0.1, 0.15) is 5.56 Å². The van der Waals surface area contributed by atoms with Crippen molar-refractivity contribution in [3.05, 3.63) is 84.4 Å². The molecule has 0 fully saturated rings. The van der Waals surface area contributed by atoms with Crippen molar-refractivity contribution in [2.24, 2.45) is 0 Å². The number of alkyl halides is 3. The van der Waals surface area contributed by atoms with E-state index in [2.05, 4.69) is 6.07 Å². The van der Waals surface area contributed by atoms with Gasteiger partial charge < -0.3 is 0 Å². The maximum atomic E-state index is 13.0. The van der Waals surface area contributed by atoms with Crippen molar-refractivity contribution in [2.75, 3.05) is 0 Å². The summed E-state index contributed by atoms with van der Waals surface area (Å²) in [5, 5.41) is 4.16. The summed E-state index contributed by atoms with van der Waals surface area (Å²) in [5.74, 6) is 0. The third-order valence-electron chi connectivity index (χ3n) is 4.25. The molecule has 3 heteroatoms. The first kappa shape index (κ1) is 14.8. The Morgan fingerprint density at radius 3 is 2.00 bits per heavy atom. The summed E-state index contributed by atoms with van der Waals surface area (Å²) in [6, 6.07) is 23.3. The number of fused-ring (bicyclic) bond motifs is 2. The van der Waals surface area contributed by atoms with Crippen molar-refractivity contribution in [2.45, 2.75) is 6.18 Å². The van der Waals surface area contributed by atoms with Gasteiger partial charge in [0, 0.05) is 0 Å². The molecule has 24 heavy (non-hydrogen) atoms. The molecule has 0 radical (unpaired) electrons. The zero-order valence-electron chi connectivity index (χ0n) is 12.6. The molecule has 118 valence electrons. The summed E-state index contributed by atoms with van der Waals surface area (Å²) in [6.07, 6.45) is -4.34. The highest BCUT2D eigenvalue weighted by Crippen LogP contribution is 2.35. The summed E-state index contributed by atoms with van der Waals surface area (Å²) < 4.78 is 39.0. The molecule has 0 saturated carbocycles. The van der Waals surface area contributed by atoms with E-state index in [-0.39, 0.29) is 0 Å². The van der Waals surface area contributed by atoms with Crippen LogP contribution in [0.15, 0.2) is 78.9 Å². The highest BCUT2D eigenvalue weighted by molar-refractivity contribution is 6.04. The Morgan fingerprint density at radius 1 is 0.583 bits per heavy atom. The zero-order chi connectivity index (χ0) is 16.7. The Balaban J connectivity index is 1.98. The molecule has 4 rings (SSSR count). The largest absolute Gasteiger partial charge is 0.416 e. The van der Waals surface area contributed by atoms with Gasteiger partial charge in [-0.15, -0.1) is 0 Å². The van der Waals surface area contributed by atoms with Gasteiger partial charge in [0.25, 0.3) is 0 Å². The standard InChI is InChI=1S/C21H13F3/c22-21(23,24)18-9-3-7-17(12-18)19-10-4-8-16-11-14-5-1-2-6-15(14)13-20(16)19/h1-13H. The second-order valence-corrected chi connectivity index (χ2v) is 5.80. The Kier molecular flexibility index (Phi) is 3.31. The number of halogens is 3. The predicted molar refractivity (Wildman–Crippen MR) is 91.9 cm³/mol. The van der Waals surface area contributed by atoms with Crippen LogP contribution in [0.5, 0.6) is 0 Å². The van der Waals surface area contributed by atoms with Crippen molar-refractivity contribution < 1.29 is 13.2 Å². The summed E-state index contributed by atoms with van der Waals surface area (Å²) in [6.45, 7) is 0. The first-order valence-electron chi connectivity index (χ1n) is 7.61. The Hall–Kier alpha value is -2.81. The third-order valence-corrected chi connectivity index (χ3v) is 4.25. The summed E-state index contributed by atoms with van der Waals surface area (Å²) >= 11 is 0. The maximum absolute atomic E-state index is 13.0. The van der Waals surface area contributed by atoms with Gasteiger partial charge in [0.05, 0.1) is 5.56 Å². The molecule has 0 nitrogen and oxygen atoms in total. The molecule has 0 aliphatic rings. The lowest BCUT2D eigenvalue weighted by Gasteiger charge is -2.11. The Labute approximate surface area is 137 Å². The molecule has 0 unspecified atom stereocenters. The smallest absolute Gasteiger partial charge is 0.166 e. The van der Waals surface area contributed by atoms with Gasteiger partial charge >= 0.3 is 6.18 Å². The zero-order valence-corrected chi connectivity index (χ0v) is 12.6. The SMILES string of the molecule is FC(F)(F)c1cccc(-c2cccc3cc4ccccc4cc23)c1. The molecule has 0 saturated heterocycles. The minimum atomic E-state index is -4.34. The molecule has 0 spiro atoms. The molecular formula is C21H13F3. The van der Waals surface area contributed by atoms with E-state index in [1.807, 2.05) is 48.5 Å². The lowest BCUT2D eigenvalue weighted by atomic mass is 9.95. The Bertz CT molecular complexity index is 1050. The molecule has 4 aromatic carbocycles. The van der Waals surface area contributed by atoms with Gasteiger partial charge in [0.15, 0.2) is 0 Å². The van der Waals surface area contributed by atoms with Crippen LogP contribution in [0.2, 0.25) is 0 Å². The molecule has 0 aliphatic heterocycles. The van der Waals surface area contributed by atoms with E-state index in [4.69, 9.17) is 0 Å². The fraction of sp³-hybridized carbons (Fsp3) is 0.0476. The predicted octanol–water partition coefficient (Wildman–Crippen LogP) is 6.68. The average Bonchev–Trinajstić information content (AvgIpc) is 2.59. The Morgan fingerprint density at radius 2 is 1.25 bits per heavy atom. The number of rotatable bonds is 1. The molecule has 0 aliphatic carbocycles. The van der Waals surface area contributed by atoms with E-state index in [1.165, 1.54) is 12.1 Å². The van der Waals surface area contributed by atoms with E-state index in [0.29, 0.717) is 5.56 Å². The summed E-state index contributed by atoms with van der Waals surface area (Å²) in [5.41, 5.74) is 0.757. The van der Waals surface area contributed by atoms with E-state index >= 15 is 0 Å². The van der Waals surface area contributed by atoms with Gasteiger partial charge in [-0.25, -0.2) is 0 Å². The van der Waals surface area contributed by atoms with Crippen molar-refractivity contribution >= 4 is 21.5 Å². The monoisotopic (exact) mass is 322 g/mol. The van der Waals surface area contributed by atoms with Crippen LogP contribution in [-0.4, -0.2) is 0 Å². The molecule has 0 N–H and O–H groups in total. The minimum absolute atomic E-state index is 0.575. The van der Waals surface area contributed by atoms with Gasteiger partial charge in [-0.05, 0) is 56.9 Å². The first-order valence-corrected chi connectivity index (χ1v) is 7.61. The van der Waals surface area contributed by atoms with E-state index in [1.54, 1.807) is 6.07 Å². The quantitative estimate of drug-likeness (QED) is 0.343. The van der Waals surface area contributed by atoms with Crippen molar-refractivity contribution in [1.82, 2.24) is 0 Å². The van der Waals surface area contributed by atoms with Crippen LogP contribution in [0, 0.1) is 0 Å². The second kappa shape index (κ2) is 5.38. The summed E-state index contributed by atoms with van der Waals surface area (Å²) in [7, 11) is 0. The highest BCUT2D eigenvalue weighted by Gasteiger charge is 2.30. The van der Waals surface area contributed by atoms with E-state index < -0.39 is 11.7 Å². The molecule has 0 atom stereocenters. The molecule has 0 bridgehead atoms. The lowest BCUT2D eigenvalue weighted by molar-refractivity contribution is -0.137. The highest BCUT2D eigenvalue weighted by atomic mass is 19.4. The fourth-order valence-electron chi connectivity index (χ4n) is 3.08. The molecular weight excluding hydrogens is 309 g/mol. The molecule has 0 heterocycles. The fourth-order valence-corrected chi connectivity index (χ4v) is 3.08. The number of hydrogen-bond acceptors (Lipinski definition) is 0.